The second-order valence-electron chi connectivity index (χ2n) is 10.8. The van der Waals surface area contributed by atoms with Gasteiger partial charge < -0.3 is 19.9 Å². The minimum absolute atomic E-state index is 0.0825. The Morgan fingerprint density at radius 1 is 1.11 bits per heavy atom. The van der Waals surface area contributed by atoms with E-state index in [1.54, 1.807) is 30.1 Å². The van der Waals surface area contributed by atoms with E-state index in [1.807, 2.05) is 20.8 Å². The van der Waals surface area contributed by atoms with Gasteiger partial charge in [0.25, 0.3) is 11.8 Å². The van der Waals surface area contributed by atoms with Crippen molar-refractivity contribution in [2.45, 2.75) is 64.1 Å². The molecule has 200 valence electrons. The molecule has 0 aliphatic carbocycles. The van der Waals surface area contributed by atoms with E-state index in [9.17, 15) is 24.0 Å². The molecule has 11 nitrogen and oxygen atoms in total. The van der Waals surface area contributed by atoms with Crippen molar-refractivity contribution in [1.82, 2.24) is 20.0 Å². The number of benzene rings is 1. The summed E-state index contributed by atoms with van der Waals surface area (Å²) in [6.45, 7) is 8.50. The zero-order valence-corrected chi connectivity index (χ0v) is 21.8. The number of hydrogen-bond acceptors (Lipinski definition) is 8. The first-order valence-corrected chi connectivity index (χ1v) is 12.7. The number of piperidine rings is 2. The summed E-state index contributed by atoms with van der Waals surface area (Å²) >= 11 is 0. The lowest BCUT2D eigenvalue weighted by molar-refractivity contribution is -0.136. The first kappa shape index (κ1) is 26.6. The molecule has 3 heterocycles. The van der Waals surface area contributed by atoms with Crippen LogP contribution in [0.25, 0.3) is 0 Å². The fraction of sp³-hybridized carbons (Fsp3) is 0.577. The van der Waals surface area contributed by atoms with Crippen LogP contribution in [0.3, 0.4) is 0 Å². The molecule has 0 spiro atoms. The van der Waals surface area contributed by atoms with Gasteiger partial charge in [0, 0.05) is 51.4 Å². The highest BCUT2D eigenvalue weighted by atomic mass is 16.6. The Balaban J connectivity index is 1.31. The van der Waals surface area contributed by atoms with E-state index >= 15 is 0 Å². The molecular weight excluding hydrogens is 478 g/mol. The predicted octanol–water partition coefficient (Wildman–Crippen LogP) is 1.83. The molecule has 0 radical (unpaired) electrons. The zero-order chi connectivity index (χ0) is 26.9. The number of hydrogen-bond donors (Lipinski definition) is 2. The van der Waals surface area contributed by atoms with Crippen LogP contribution in [0.1, 0.15) is 67.2 Å². The van der Waals surface area contributed by atoms with Gasteiger partial charge in [0.15, 0.2) is 0 Å². The highest BCUT2D eigenvalue weighted by Crippen LogP contribution is 2.32. The number of rotatable bonds is 6. The van der Waals surface area contributed by atoms with E-state index in [0.29, 0.717) is 12.2 Å². The average Bonchev–Trinajstić information content (AvgIpc) is 3.09. The van der Waals surface area contributed by atoms with Gasteiger partial charge in [0.05, 0.1) is 11.1 Å². The van der Waals surface area contributed by atoms with Crippen LogP contribution in [0.4, 0.5) is 10.5 Å². The molecule has 2 fully saturated rings. The lowest BCUT2D eigenvalue weighted by Crippen LogP contribution is -2.54. The van der Waals surface area contributed by atoms with Crippen LogP contribution in [0.15, 0.2) is 18.2 Å². The quantitative estimate of drug-likeness (QED) is 0.552. The van der Waals surface area contributed by atoms with Crippen molar-refractivity contribution in [1.29, 1.82) is 0 Å². The zero-order valence-electron chi connectivity index (χ0n) is 21.8. The van der Waals surface area contributed by atoms with Crippen LogP contribution in [0, 0.1) is 0 Å². The number of nitrogens with one attached hydrogen (secondary N) is 2. The fourth-order valence-electron chi connectivity index (χ4n) is 5.02. The highest BCUT2D eigenvalue weighted by molar-refractivity contribution is 6.25. The van der Waals surface area contributed by atoms with Gasteiger partial charge in [-0.1, -0.05) is 6.07 Å². The molecule has 0 saturated carbocycles. The smallest absolute Gasteiger partial charge is 0.410 e. The topological polar surface area (TPSA) is 128 Å². The number of carbonyl (C=O) groups is 5. The number of likely N-dealkylation sites (tertiary alicyclic amines) is 1. The van der Waals surface area contributed by atoms with E-state index in [2.05, 4.69) is 15.5 Å². The summed E-state index contributed by atoms with van der Waals surface area (Å²) in [5.74, 6) is -2.07. The van der Waals surface area contributed by atoms with Gasteiger partial charge in [-0.05, 0) is 52.2 Å². The van der Waals surface area contributed by atoms with Crippen LogP contribution in [-0.2, 0) is 14.3 Å². The van der Waals surface area contributed by atoms with Crippen molar-refractivity contribution >= 4 is 35.4 Å². The summed E-state index contributed by atoms with van der Waals surface area (Å²) in [5, 5.41) is 5.49. The van der Waals surface area contributed by atoms with Crippen molar-refractivity contribution in [3.05, 3.63) is 29.3 Å². The molecule has 2 saturated heterocycles. The third kappa shape index (κ3) is 5.76. The second kappa shape index (κ2) is 10.5. The molecule has 1 aromatic rings. The summed E-state index contributed by atoms with van der Waals surface area (Å²) in [6, 6.07) is 4.17. The second-order valence-corrected chi connectivity index (χ2v) is 10.8. The molecule has 0 bridgehead atoms. The van der Waals surface area contributed by atoms with Crippen LogP contribution in [0.5, 0.6) is 0 Å². The summed E-state index contributed by atoms with van der Waals surface area (Å²) < 4.78 is 5.47. The molecule has 4 rings (SSSR count). The van der Waals surface area contributed by atoms with Gasteiger partial charge in [-0.3, -0.25) is 29.4 Å². The summed E-state index contributed by atoms with van der Waals surface area (Å²) in [4.78, 5) is 67.3. The Hall–Kier alpha value is -3.47. The summed E-state index contributed by atoms with van der Waals surface area (Å²) in [7, 11) is 1.78. The van der Waals surface area contributed by atoms with Crippen molar-refractivity contribution in [3.8, 4) is 0 Å². The van der Waals surface area contributed by atoms with Crippen molar-refractivity contribution in [2.24, 2.45) is 0 Å². The molecule has 37 heavy (non-hydrogen) atoms. The summed E-state index contributed by atoms with van der Waals surface area (Å²) in [5.41, 5.74) is 0.533. The maximum Gasteiger partial charge on any atom is 0.410 e. The average molecular weight is 514 g/mol. The predicted molar refractivity (Wildman–Crippen MR) is 135 cm³/mol. The van der Waals surface area contributed by atoms with E-state index < -0.39 is 35.3 Å². The lowest BCUT2D eigenvalue weighted by atomic mass is 10.0. The third-order valence-corrected chi connectivity index (χ3v) is 7.00. The molecule has 3 aliphatic rings. The molecule has 11 heteroatoms. The van der Waals surface area contributed by atoms with Gasteiger partial charge in [-0.2, -0.15) is 0 Å². The van der Waals surface area contributed by atoms with Gasteiger partial charge in [0.1, 0.15) is 11.6 Å². The Labute approximate surface area is 216 Å². The Kier molecular flexibility index (Phi) is 7.54. The number of anilines is 1. The first-order valence-electron chi connectivity index (χ1n) is 12.7. The van der Waals surface area contributed by atoms with Crippen molar-refractivity contribution in [3.63, 3.8) is 0 Å². The number of nitrogens with zero attached hydrogens (tertiary/aromatic N) is 3. The van der Waals surface area contributed by atoms with Crippen LogP contribution < -0.4 is 10.6 Å². The van der Waals surface area contributed by atoms with Crippen molar-refractivity contribution < 1.29 is 28.7 Å². The standard InChI is InChI=1S/C26H35N5O6/c1-26(2,3)37-25(36)29(4)16-10-13-30(14-11-16)15-12-27-18-7-5-6-17-21(18)24(35)31(23(17)34)19-8-9-20(32)28-22(19)33/h5-7,16,19,27H,8-15H2,1-4H3,(H,28,32,33). The minimum Gasteiger partial charge on any atom is -0.444 e. The monoisotopic (exact) mass is 513 g/mol. The van der Waals surface area contributed by atoms with E-state index in [4.69, 9.17) is 4.74 Å². The van der Waals surface area contributed by atoms with Gasteiger partial charge in [0.2, 0.25) is 11.8 Å². The molecule has 1 aromatic carbocycles. The van der Waals surface area contributed by atoms with Crippen LogP contribution in [-0.4, -0.2) is 95.3 Å². The van der Waals surface area contributed by atoms with E-state index in [-0.39, 0.29) is 36.1 Å². The lowest BCUT2D eigenvalue weighted by Gasteiger charge is -2.37. The van der Waals surface area contributed by atoms with Crippen molar-refractivity contribution in [2.75, 3.05) is 38.5 Å². The first-order chi connectivity index (χ1) is 17.5. The molecule has 2 N–H and O–H groups in total. The molecule has 5 amide bonds. The maximum absolute atomic E-state index is 13.2. The number of imide groups is 2. The molecular formula is C26H35N5O6. The van der Waals surface area contributed by atoms with Gasteiger partial charge in [-0.25, -0.2) is 4.79 Å². The van der Waals surface area contributed by atoms with Gasteiger partial charge >= 0.3 is 6.09 Å². The number of fused-ring (bicyclic) bond motifs is 1. The minimum atomic E-state index is -0.988. The highest BCUT2D eigenvalue weighted by Gasteiger charge is 2.45. The SMILES string of the molecule is CN(C(=O)OC(C)(C)C)C1CCN(CCNc2cccc3c2C(=O)N(C2CCC(=O)NC2=O)C3=O)CC1. The Morgan fingerprint density at radius 3 is 2.46 bits per heavy atom. The third-order valence-electron chi connectivity index (χ3n) is 7.00. The van der Waals surface area contributed by atoms with E-state index in [0.717, 1.165) is 37.4 Å². The Bertz CT molecular complexity index is 1110. The number of amides is 5. The van der Waals surface area contributed by atoms with Crippen LogP contribution >= 0.6 is 0 Å². The number of ether oxygens (including phenoxy) is 1. The maximum atomic E-state index is 13.2. The molecule has 0 aromatic heterocycles. The van der Waals surface area contributed by atoms with E-state index in [1.165, 1.54) is 0 Å². The normalized spacial score (nSPS) is 21.1. The molecule has 1 unspecified atom stereocenters. The van der Waals surface area contributed by atoms with Gasteiger partial charge in [-0.15, -0.1) is 0 Å². The molecule has 1 atom stereocenters. The molecule has 3 aliphatic heterocycles. The number of carbonyl (C=O) groups excluding carboxylic acids is 5. The fourth-order valence-corrected chi connectivity index (χ4v) is 5.02. The Morgan fingerprint density at radius 2 is 1.81 bits per heavy atom. The summed E-state index contributed by atoms with van der Waals surface area (Å²) in [6.07, 6.45) is 1.57. The van der Waals surface area contributed by atoms with Crippen LogP contribution in [0.2, 0.25) is 0 Å². The largest absolute Gasteiger partial charge is 0.444 e.